The van der Waals surface area contributed by atoms with Crippen LogP contribution in [0.4, 0.5) is 0 Å². The second-order valence-electron chi connectivity index (χ2n) is 6.11. The molecule has 2 rings (SSSR count). The largest absolute Gasteiger partial charge is 0.385 e. The molecule has 0 fully saturated rings. The van der Waals surface area contributed by atoms with E-state index in [1.54, 1.807) is 12.0 Å². The highest BCUT2D eigenvalue weighted by Gasteiger charge is 2.16. The van der Waals surface area contributed by atoms with E-state index in [-0.39, 0.29) is 5.91 Å². The van der Waals surface area contributed by atoms with E-state index >= 15 is 0 Å². The van der Waals surface area contributed by atoms with E-state index in [1.165, 1.54) is 17.3 Å². The molecular formula is C18H26N4O2S. The molecule has 6 nitrogen and oxygen atoms in total. The Hall–Kier alpha value is -1.86. The van der Waals surface area contributed by atoms with Gasteiger partial charge in [0.2, 0.25) is 5.91 Å². The zero-order chi connectivity index (χ0) is 18.4. The molecule has 0 atom stereocenters. The SMILES string of the molecule is COCCCN(C)C(=O)CSc1nnc(C)n1-c1cc(C)ccc1C. The van der Waals surface area contributed by atoms with E-state index in [2.05, 4.69) is 42.2 Å². The summed E-state index contributed by atoms with van der Waals surface area (Å²) in [5, 5.41) is 9.19. The van der Waals surface area contributed by atoms with Crippen LogP contribution in [0.3, 0.4) is 0 Å². The lowest BCUT2D eigenvalue weighted by atomic mass is 10.1. The van der Waals surface area contributed by atoms with Crippen molar-refractivity contribution in [2.45, 2.75) is 32.3 Å². The van der Waals surface area contributed by atoms with Crippen LogP contribution in [0.15, 0.2) is 23.4 Å². The first kappa shape index (κ1) is 19.5. The summed E-state index contributed by atoms with van der Waals surface area (Å²) in [6, 6.07) is 6.30. The van der Waals surface area contributed by atoms with Crippen LogP contribution in [0.25, 0.3) is 5.69 Å². The average molecular weight is 362 g/mol. The molecule has 1 aromatic carbocycles. The smallest absolute Gasteiger partial charge is 0.232 e. The van der Waals surface area contributed by atoms with Gasteiger partial charge < -0.3 is 9.64 Å². The number of ether oxygens (including phenoxy) is 1. The molecule has 2 aromatic rings. The highest BCUT2D eigenvalue weighted by Crippen LogP contribution is 2.25. The summed E-state index contributed by atoms with van der Waals surface area (Å²) < 4.78 is 7.04. The molecule has 0 aliphatic rings. The van der Waals surface area contributed by atoms with Gasteiger partial charge in [0.05, 0.1) is 11.4 Å². The second kappa shape index (κ2) is 9.01. The third-order valence-corrected chi connectivity index (χ3v) is 4.91. The molecule has 0 bridgehead atoms. The number of aryl methyl sites for hydroxylation is 3. The lowest BCUT2D eigenvalue weighted by Crippen LogP contribution is -2.30. The predicted molar refractivity (Wildman–Crippen MR) is 100 cm³/mol. The summed E-state index contributed by atoms with van der Waals surface area (Å²) in [6.07, 6.45) is 0.835. The summed E-state index contributed by atoms with van der Waals surface area (Å²) in [5.74, 6) is 1.23. The fourth-order valence-corrected chi connectivity index (χ4v) is 3.41. The summed E-state index contributed by atoms with van der Waals surface area (Å²) in [6.45, 7) is 7.41. The minimum Gasteiger partial charge on any atom is -0.385 e. The Balaban J connectivity index is 2.09. The van der Waals surface area contributed by atoms with Crippen LogP contribution in [0.5, 0.6) is 0 Å². The van der Waals surface area contributed by atoms with E-state index in [9.17, 15) is 4.79 Å². The van der Waals surface area contributed by atoms with Crippen LogP contribution < -0.4 is 0 Å². The number of hydrogen-bond acceptors (Lipinski definition) is 5. The number of hydrogen-bond donors (Lipinski definition) is 0. The number of methoxy groups -OCH3 is 1. The number of aromatic nitrogens is 3. The molecule has 0 aliphatic carbocycles. The number of rotatable bonds is 8. The minimum atomic E-state index is 0.0780. The molecule has 0 N–H and O–H groups in total. The number of thioether (sulfide) groups is 1. The Morgan fingerprint density at radius 1 is 1.28 bits per heavy atom. The van der Waals surface area contributed by atoms with Crippen LogP contribution in [0.1, 0.15) is 23.4 Å². The minimum absolute atomic E-state index is 0.0780. The van der Waals surface area contributed by atoms with Crippen LogP contribution in [-0.2, 0) is 9.53 Å². The molecule has 1 aromatic heterocycles. The number of nitrogens with zero attached hydrogens (tertiary/aromatic N) is 4. The molecular weight excluding hydrogens is 336 g/mol. The van der Waals surface area contributed by atoms with Gasteiger partial charge in [0.15, 0.2) is 5.16 Å². The lowest BCUT2D eigenvalue weighted by Gasteiger charge is -2.17. The Morgan fingerprint density at radius 3 is 2.76 bits per heavy atom. The lowest BCUT2D eigenvalue weighted by molar-refractivity contribution is -0.127. The predicted octanol–water partition coefficient (Wildman–Crippen LogP) is 2.78. The number of benzene rings is 1. The molecule has 7 heteroatoms. The number of amides is 1. The Bertz CT molecular complexity index is 730. The van der Waals surface area contributed by atoms with Gasteiger partial charge in [-0.3, -0.25) is 9.36 Å². The highest BCUT2D eigenvalue weighted by atomic mass is 32.2. The molecule has 136 valence electrons. The Labute approximate surface area is 153 Å². The van der Waals surface area contributed by atoms with Gasteiger partial charge in [0.1, 0.15) is 5.82 Å². The van der Waals surface area contributed by atoms with Crippen molar-refractivity contribution in [3.63, 3.8) is 0 Å². The standard InChI is InChI=1S/C18H26N4O2S/c1-13-7-8-14(2)16(11-13)22-15(3)19-20-18(22)25-12-17(23)21(4)9-6-10-24-5/h7-8,11H,6,9-10,12H2,1-5H3. The molecule has 0 unspecified atom stereocenters. The van der Waals surface area contributed by atoms with Crippen LogP contribution in [0, 0.1) is 20.8 Å². The first-order chi connectivity index (χ1) is 11.9. The summed E-state index contributed by atoms with van der Waals surface area (Å²) in [4.78, 5) is 14.0. The quantitative estimate of drug-likeness (QED) is 0.534. The molecule has 0 aliphatic heterocycles. The van der Waals surface area contributed by atoms with E-state index in [0.717, 1.165) is 28.7 Å². The van der Waals surface area contributed by atoms with Crippen molar-refractivity contribution in [3.8, 4) is 5.69 Å². The fourth-order valence-electron chi connectivity index (χ4n) is 2.48. The van der Waals surface area contributed by atoms with Crippen molar-refractivity contribution in [2.75, 3.05) is 33.1 Å². The maximum Gasteiger partial charge on any atom is 0.232 e. The Kier molecular flexibility index (Phi) is 7.01. The van der Waals surface area contributed by atoms with Crippen molar-refractivity contribution in [1.82, 2.24) is 19.7 Å². The number of carbonyl (C=O) groups is 1. The zero-order valence-corrected chi connectivity index (χ0v) is 16.4. The first-order valence-electron chi connectivity index (χ1n) is 8.29. The molecule has 1 amide bonds. The first-order valence-corrected chi connectivity index (χ1v) is 9.28. The maximum absolute atomic E-state index is 12.3. The monoisotopic (exact) mass is 362 g/mol. The van der Waals surface area contributed by atoms with Crippen LogP contribution >= 0.6 is 11.8 Å². The van der Waals surface area contributed by atoms with Gasteiger partial charge in [-0.25, -0.2) is 0 Å². The van der Waals surface area contributed by atoms with E-state index < -0.39 is 0 Å². The van der Waals surface area contributed by atoms with Crippen molar-refractivity contribution in [2.24, 2.45) is 0 Å². The maximum atomic E-state index is 12.3. The number of carbonyl (C=O) groups excluding carboxylic acids is 1. The average Bonchev–Trinajstić information content (AvgIpc) is 2.95. The van der Waals surface area contributed by atoms with Gasteiger partial charge in [-0.15, -0.1) is 10.2 Å². The molecule has 0 saturated heterocycles. The van der Waals surface area contributed by atoms with Crippen LogP contribution in [0.2, 0.25) is 0 Å². The normalized spacial score (nSPS) is 10.9. The molecule has 0 spiro atoms. The molecule has 0 radical (unpaired) electrons. The molecule has 0 saturated carbocycles. The van der Waals surface area contributed by atoms with Crippen molar-refractivity contribution >= 4 is 17.7 Å². The van der Waals surface area contributed by atoms with Gasteiger partial charge in [-0.2, -0.15) is 0 Å². The fraction of sp³-hybridized carbons (Fsp3) is 0.500. The summed E-state index contributed by atoms with van der Waals surface area (Å²) in [7, 11) is 3.49. The van der Waals surface area contributed by atoms with E-state index in [1.807, 2.05) is 18.5 Å². The van der Waals surface area contributed by atoms with Crippen molar-refractivity contribution in [3.05, 3.63) is 35.2 Å². The van der Waals surface area contributed by atoms with Gasteiger partial charge in [0.25, 0.3) is 0 Å². The van der Waals surface area contributed by atoms with E-state index in [0.29, 0.717) is 18.9 Å². The highest BCUT2D eigenvalue weighted by molar-refractivity contribution is 7.99. The van der Waals surface area contributed by atoms with Gasteiger partial charge in [-0.05, 0) is 44.4 Å². The van der Waals surface area contributed by atoms with Gasteiger partial charge in [0, 0.05) is 27.3 Å². The zero-order valence-electron chi connectivity index (χ0n) is 15.6. The van der Waals surface area contributed by atoms with Crippen LogP contribution in [-0.4, -0.2) is 58.6 Å². The van der Waals surface area contributed by atoms with Gasteiger partial charge >= 0.3 is 0 Å². The molecule has 25 heavy (non-hydrogen) atoms. The summed E-state index contributed by atoms with van der Waals surface area (Å²) >= 11 is 1.42. The topological polar surface area (TPSA) is 60.2 Å². The van der Waals surface area contributed by atoms with Crippen molar-refractivity contribution < 1.29 is 9.53 Å². The third-order valence-electron chi connectivity index (χ3n) is 3.99. The van der Waals surface area contributed by atoms with E-state index in [4.69, 9.17) is 4.74 Å². The van der Waals surface area contributed by atoms with Crippen molar-refractivity contribution in [1.29, 1.82) is 0 Å². The van der Waals surface area contributed by atoms with Gasteiger partial charge in [-0.1, -0.05) is 23.9 Å². The Morgan fingerprint density at radius 2 is 2.04 bits per heavy atom. The summed E-state index contributed by atoms with van der Waals surface area (Å²) in [5.41, 5.74) is 3.39. The molecule has 1 heterocycles. The third kappa shape index (κ3) is 5.06. The second-order valence-corrected chi connectivity index (χ2v) is 7.05.